The normalized spacial score (nSPS) is 41.2. The van der Waals surface area contributed by atoms with Crippen LogP contribution < -0.4 is 5.32 Å². The molecule has 3 nitrogen and oxygen atoms in total. The average molecular weight is 211 g/mol. The fourth-order valence-corrected chi connectivity index (χ4v) is 2.78. The average Bonchev–Trinajstić information content (AvgIpc) is 2.81. The minimum absolute atomic E-state index is 0.521. The first-order valence-electron chi connectivity index (χ1n) is 6.36. The molecule has 2 heterocycles. The second kappa shape index (κ2) is 4.40. The van der Waals surface area contributed by atoms with Gasteiger partial charge in [0.25, 0.3) is 0 Å². The maximum absolute atomic E-state index is 5.81. The summed E-state index contributed by atoms with van der Waals surface area (Å²) in [6.07, 6.45) is 5.72. The van der Waals surface area contributed by atoms with Gasteiger partial charge in [-0.1, -0.05) is 0 Å². The molecule has 1 saturated carbocycles. The van der Waals surface area contributed by atoms with Gasteiger partial charge in [-0.3, -0.25) is 0 Å². The summed E-state index contributed by atoms with van der Waals surface area (Å²) in [6.45, 7) is 3.99. The molecule has 1 aliphatic carbocycles. The molecule has 1 N–H and O–H groups in total. The first-order chi connectivity index (χ1) is 7.43. The molecule has 0 radical (unpaired) electrons. The van der Waals surface area contributed by atoms with Crippen LogP contribution in [0.5, 0.6) is 0 Å². The summed E-state index contributed by atoms with van der Waals surface area (Å²) < 4.78 is 11.2. The van der Waals surface area contributed by atoms with Gasteiger partial charge < -0.3 is 14.8 Å². The monoisotopic (exact) mass is 211 g/mol. The number of hydrogen-bond donors (Lipinski definition) is 1. The molecule has 3 atom stereocenters. The maximum atomic E-state index is 5.81. The van der Waals surface area contributed by atoms with Crippen molar-refractivity contribution in [2.75, 3.05) is 26.4 Å². The van der Waals surface area contributed by atoms with Crippen molar-refractivity contribution in [3.63, 3.8) is 0 Å². The lowest BCUT2D eigenvalue weighted by molar-refractivity contribution is 0.0801. The van der Waals surface area contributed by atoms with Crippen molar-refractivity contribution in [1.29, 1.82) is 0 Å². The molecular weight excluding hydrogens is 190 g/mol. The summed E-state index contributed by atoms with van der Waals surface area (Å²) in [4.78, 5) is 0. The lowest BCUT2D eigenvalue weighted by Crippen LogP contribution is -2.40. The maximum Gasteiger partial charge on any atom is 0.0756 e. The van der Waals surface area contributed by atoms with E-state index in [0.717, 1.165) is 38.2 Å². The van der Waals surface area contributed by atoms with E-state index in [0.29, 0.717) is 12.1 Å². The highest BCUT2D eigenvalue weighted by molar-refractivity contribution is 4.93. The van der Waals surface area contributed by atoms with Crippen LogP contribution in [0.4, 0.5) is 0 Å². The molecule has 0 aromatic carbocycles. The second-order valence-electron chi connectivity index (χ2n) is 5.21. The molecule has 0 bridgehead atoms. The third kappa shape index (κ3) is 2.35. The Balaban J connectivity index is 1.44. The predicted molar refractivity (Wildman–Crippen MR) is 57.8 cm³/mol. The molecular formula is C12H21NO2. The zero-order chi connectivity index (χ0) is 10.1. The molecule has 3 rings (SSSR count). The fraction of sp³-hybridized carbons (Fsp3) is 1.00. The molecule has 86 valence electrons. The molecule has 2 aliphatic heterocycles. The van der Waals surface area contributed by atoms with Crippen molar-refractivity contribution in [3.8, 4) is 0 Å². The second-order valence-corrected chi connectivity index (χ2v) is 5.21. The van der Waals surface area contributed by atoms with Crippen LogP contribution in [0.2, 0.25) is 0 Å². The molecule has 0 aromatic rings. The third-order valence-corrected chi connectivity index (χ3v) is 3.92. The van der Waals surface area contributed by atoms with Crippen molar-refractivity contribution >= 4 is 0 Å². The highest BCUT2D eigenvalue weighted by atomic mass is 16.5. The SMILES string of the molecule is C1CC(CNC2CCOC2C2CC2)CO1. The van der Waals surface area contributed by atoms with Crippen molar-refractivity contribution in [3.05, 3.63) is 0 Å². The van der Waals surface area contributed by atoms with Crippen LogP contribution >= 0.6 is 0 Å². The van der Waals surface area contributed by atoms with E-state index in [1.165, 1.54) is 25.7 Å². The highest BCUT2D eigenvalue weighted by Crippen LogP contribution is 2.38. The highest BCUT2D eigenvalue weighted by Gasteiger charge is 2.40. The van der Waals surface area contributed by atoms with Gasteiger partial charge in [0, 0.05) is 25.8 Å². The van der Waals surface area contributed by atoms with E-state index < -0.39 is 0 Å². The molecule has 3 fully saturated rings. The van der Waals surface area contributed by atoms with E-state index in [9.17, 15) is 0 Å². The zero-order valence-electron chi connectivity index (χ0n) is 9.28. The van der Waals surface area contributed by atoms with Gasteiger partial charge in [-0.25, -0.2) is 0 Å². The molecule has 3 unspecified atom stereocenters. The molecule has 0 spiro atoms. The summed E-state index contributed by atoms with van der Waals surface area (Å²) in [6, 6.07) is 0.623. The topological polar surface area (TPSA) is 30.5 Å². The standard InChI is InChI=1S/C12H21NO2/c1-2-10(1)12-11(4-6-15-12)13-7-9-3-5-14-8-9/h9-13H,1-8H2. The Morgan fingerprint density at radius 1 is 1.07 bits per heavy atom. The molecule has 3 heteroatoms. The number of rotatable bonds is 4. The lowest BCUT2D eigenvalue weighted by Gasteiger charge is -2.21. The van der Waals surface area contributed by atoms with Crippen molar-refractivity contribution in [1.82, 2.24) is 5.32 Å². The van der Waals surface area contributed by atoms with Crippen LogP contribution in [0.25, 0.3) is 0 Å². The predicted octanol–water partition coefficient (Wildman–Crippen LogP) is 1.18. The van der Waals surface area contributed by atoms with Gasteiger partial charge in [-0.05, 0) is 37.5 Å². The Labute approximate surface area is 91.5 Å². The zero-order valence-corrected chi connectivity index (χ0v) is 9.28. The van der Waals surface area contributed by atoms with Crippen LogP contribution in [-0.4, -0.2) is 38.5 Å². The number of hydrogen-bond acceptors (Lipinski definition) is 3. The third-order valence-electron chi connectivity index (χ3n) is 3.92. The van der Waals surface area contributed by atoms with Gasteiger partial charge >= 0.3 is 0 Å². The minimum Gasteiger partial charge on any atom is -0.381 e. The first-order valence-corrected chi connectivity index (χ1v) is 6.36. The van der Waals surface area contributed by atoms with Crippen LogP contribution in [0, 0.1) is 11.8 Å². The minimum atomic E-state index is 0.521. The molecule has 0 amide bonds. The van der Waals surface area contributed by atoms with Crippen LogP contribution in [0.3, 0.4) is 0 Å². The smallest absolute Gasteiger partial charge is 0.0756 e. The molecule has 2 saturated heterocycles. The van der Waals surface area contributed by atoms with Gasteiger partial charge in [-0.15, -0.1) is 0 Å². The van der Waals surface area contributed by atoms with Gasteiger partial charge in [0.15, 0.2) is 0 Å². The van der Waals surface area contributed by atoms with Crippen LogP contribution in [0.15, 0.2) is 0 Å². The van der Waals surface area contributed by atoms with E-state index in [1.807, 2.05) is 0 Å². The van der Waals surface area contributed by atoms with E-state index in [1.54, 1.807) is 0 Å². The Hall–Kier alpha value is -0.120. The Bertz CT molecular complexity index is 212. The van der Waals surface area contributed by atoms with Crippen LogP contribution in [-0.2, 0) is 9.47 Å². The summed E-state index contributed by atoms with van der Waals surface area (Å²) >= 11 is 0. The summed E-state index contributed by atoms with van der Waals surface area (Å²) in [5, 5.41) is 3.69. The number of ether oxygens (including phenoxy) is 2. The van der Waals surface area contributed by atoms with Crippen molar-refractivity contribution < 1.29 is 9.47 Å². The first kappa shape index (κ1) is 10.1. The van der Waals surface area contributed by atoms with Crippen molar-refractivity contribution in [2.45, 2.75) is 37.8 Å². The number of nitrogens with one attached hydrogen (secondary N) is 1. The van der Waals surface area contributed by atoms with Crippen molar-refractivity contribution in [2.24, 2.45) is 11.8 Å². The molecule has 15 heavy (non-hydrogen) atoms. The summed E-state index contributed by atoms with van der Waals surface area (Å²) in [5.41, 5.74) is 0. The summed E-state index contributed by atoms with van der Waals surface area (Å²) in [5.74, 6) is 1.61. The summed E-state index contributed by atoms with van der Waals surface area (Å²) in [7, 11) is 0. The van der Waals surface area contributed by atoms with Gasteiger partial charge in [-0.2, -0.15) is 0 Å². The van der Waals surface area contributed by atoms with E-state index in [2.05, 4.69) is 5.32 Å². The van der Waals surface area contributed by atoms with Gasteiger partial charge in [0.2, 0.25) is 0 Å². The van der Waals surface area contributed by atoms with E-state index >= 15 is 0 Å². The Kier molecular flexibility index (Phi) is 2.95. The Morgan fingerprint density at radius 3 is 2.73 bits per heavy atom. The van der Waals surface area contributed by atoms with Crippen LogP contribution in [0.1, 0.15) is 25.7 Å². The largest absolute Gasteiger partial charge is 0.381 e. The molecule has 3 aliphatic rings. The quantitative estimate of drug-likeness (QED) is 0.757. The van der Waals surface area contributed by atoms with E-state index in [-0.39, 0.29) is 0 Å². The Morgan fingerprint density at radius 2 is 2.00 bits per heavy atom. The van der Waals surface area contributed by atoms with Gasteiger partial charge in [0.05, 0.1) is 12.7 Å². The molecule has 0 aromatic heterocycles. The van der Waals surface area contributed by atoms with Gasteiger partial charge in [0.1, 0.15) is 0 Å². The van der Waals surface area contributed by atoms with E-state index in [4.69, 9.17) is 9.47 Å². The lowest BCUT2D eigenvalue weighted by atomic mass is 10.0. The fourth-order valence-electron chi connectivity index (χ4n) is 2.78.